The quantitative estimate of drug-likeness (QED) is 0.739. The fourth-order valence-electron chi connectivity index (χ4n) is 2.37. The molecule has 0 radical (unpaired) electrons. The van der Waals surface area contributed by atoms with Crippen molar-refractivity contribution < 1.29 is 0 Å². The molecule has 21 heavy (non-hydrogen) atoms. The van der Waals surface area contributed by atoms with E-state index < -0.39 is 0 Å². The predicted octanol–water partition coefficient (Wildman–Crippen LogP) is 4.74. The molecule has 0 fully saturated rings. The Morgan fingerprint density at radius 1 is 1.48 bits per heavy atom. The van der Waals surface area contributed by atoms with Crippen molar-refractivity contribution >= 4 is 38.9 Å². The Bertz CT molecular complexity index is 594. The van der Waals surface area contributed by atoms with Crippen LogP contribution in [0, 0.1) is 0 Å². The summed E-state index contributed by atoms with van der Waals surface area (Å²) in [6.45, 7) is 5.26. The van der Waals surface area contributed by atoms with E-state index in [2.05, 4.69) is 51.6 Å². The van der Waals surface area contributed by atoms with Gasteiger partial charge in [0, 0.05) is 19.5 Å². The molecule has 6 heteroatoms. The fourth-order valence-corrected chi connectivity index (χ4v) is 3.97. The van der Waals surface area contributed by atoms with Gasteiger partial charge in [-0.15, -0.1) is 11.3 Å². The van der Waals surface area contributed by atoms with Crippen molar-refractivity contribution in [3.05, 3.63) is 37.2 Å². The van der Waals surface area contributed by atoms with Gasteiger partial charge in [-0.25, -0.2) is 0 Å². The van der Waals surface area contributed by atoms with Crippen LogP contribution < -0.4 is 5.32 Å². The largest absolute Gasteiger partial charge is 0.310 e. The van der Waals surface area contributed by atoms with E-state index in [-0.39, 0.29) is 6.04 Å². The summed E-state index contributed by atoms with van der Waals surface area (Å²) in [6.07, 6.45) is 2.83. The molecule has 3 nitrogen and oxygen atoms in total. The molecule has 116 valence electrons. The first-order valence-corrected chi connectivity index (χ1v) is 9.29. The number of hydrogen-bond acceptors (Lipinski definition) is 3. The van der Waals surface area contributed by atoms with E-state index in [1.54, 1.807) is 11.3 Å². The Labute approximate surface area is 143 Å². The summed E-state index contributed by atoms with van der Waals surface area (Å²) in [7, 11) is 1.97. The topological polar surface area (TPSA) is 29.9 Å². The summed E-state index contributed by atoms with van der Waals surface area (Å²) in [6, 6.07) is 2.45. The van der Waals surface area contributed by atoms with Crippen molar-refractivity contribution in [3.63, 3.8) is 0 Å². The Hall–Kier alpha value is -0.360. The van der Waals surface area contributed by atoms with Crippen molar-refractivity contribution in [2.24, 2.45) is 7.05 Å². The molecular formula is C15H21BrClN3S. The maximum atomic E-state index is 6.48. The number of hydrogen-bond donors (Lipinski definition) is 1. The highest BCUT2D eigenvalue weighted by molar-refractivity contribution is 9.11. The standard InChI is InChI=1S/C15H21BrClN3S/c1-4-6-18-12(10-7-14(16)21-9-10)8-13-15(17)11(5-2)19-20(13)3/h7,9,12,18H,4-6,8H2,1-3H3. The highest BCUT2D eigenvalue weighted by Crippen LogP contribution is 2.30. The van der Waals surface area contributed by atoms with Gasteiger partial charge in [-0.05, 0) is 52.3 Å². The lowest BCUT2D eigenvalue weighted by Crippen LogP contribution is -2.24. The average molecular weight is 391 g/mol. The monoisotopic (exact) mass is 389 g/mol. The Morgan fingerprint density at radius 3 is 2.76 bits per heavy atom. The Morgan fingerprint density at radius 2 is 2.24 bits per heavy atom. The van der Waals surface area contributed by atoms with Crippen LogP contribution in [-0.2, 0) is 19.9 Å². The van der Waals surface area contributed by atoms with Gasteiger partial charge in [0.25, 0.3) is 0 Å². The molecular weight excluding hydrogens is 370 g/mol. The van der Waals surface area contributed by atoms with Crippen LogP contribution in [0.3, 0.4) is 0 Å². The summed E-state index contributed by atoms with van der Waals surface area (Å²) < 4.78 is 3.08. The number of aromatic nitrogens is 2. The molecule has 1 N–H and O–H groups in total. The molecule has 2 rings (SSSR count). The second-order valence-electron chi connectivity index (χ2n) is 5.08. The van der Waals surface area contributed by atoms with Gasteiger partial charge in [-0.2, -0.15) is 5.10 Å². The first kappa shape index (κ1) is 17.0. The van der Waals surface area contributed by atoms with Crippen molar-refractivity contribution in [2.45, 2.75) is 39.2 Å². The van der Waals surface area contributed by atoms with Crippen LogP contribution in [0.4, 0.5) is 0 Å². The third-order valence-electron chi connectivity index (χ3n) is 3.53. The number of rotatable bonds is 7. The first-order chi connectivity index (χ1) is 10.1. The second kappa shape index (κ2) is 7.77. The molecule has 0 aliphatic carbocycles. The van der Waals surface area contributed by atoms with E-state index in [0.29, 0.717) is 0 Å². The van der Waals surface area contributed by atoms with E-state index in [1.807, 2.05) is 11.7 Å². The van der Waals surface area contributed by atoms with E-state index in [1.165, 1.54) is 5.56 Å². The SMILES string of the molecule is CCCNC(Cc1c(Cl)c(CC)nn1C)c1csc(Br)c1. The van der Waals surface area contributed by atoms with E-state index in [4.69, 9.17) is 11.6 Å². The van der Waals surface area contributed by atoms with Crippen LogP contribution in [-0.4, -0.2) is 16.3 Å². The van der Waals surface area contributed by atoms with Gasteiger partial charge in [0.15, 0.2) is 0 Å². The van der Waals surface area contributed by atoms with Crippen LogP contribution in [0.2, 0.25) is 5.02 Å². The highest BCUT2D eigenvalue weighted by Gasteiger charge is 2.19. The minimum atomic E-state index is 0.269. The zero-order chi connectivity index (χ0) is 15.4. The minimum Gasteiger partial charge on any atom is -0.310 e. The molecule has 0 saturated heterocycles. The molecule has 0 aliphatic heterocycles. The summed E-state index contributed by atoms with van der Waals surface area (Å²) in [5.41, 5.74) is 3.38. The molecule has 0 amide bonds. The molecule has 0 bridgehead atoms. The van der Waals surface area contributed by atoms with Gasteiger partial charge in [-0.1, -0.05) is 25.4 Å². The van der Waals surface area contributed by atoms with Gasteiger partial charge in [0.1, 0.15) is 0 Å². The van der Waals surface area contributed by atoms with Gasteiger partial charge < -0.3 is 5.32 Å². The number of aryl methyl sites for hydroxylation is 2. The molecule has 2 aromatic heterocycles. The predicted molar refractivity (Wildman–Crippen MR) is 94.4 cm³/mol. The summed E-state index contributed by atoms with van der Waals surface area (Å²) >= 11 is 11.7. The van der Waals surface area contributed by atoms with Crippen LogP contribution in [0.25, 0.3) is 0 Å². The molecule has 0 saturated carbocycles. The maximum absolute atomic E-state index is 6.48. The molecule has 1 atom stereocenters. The highest BCUT2D eigenvalue weighted by atomic mass is 79.9. The third kappa shape index (κ3) is 4.09. The smallest absolute Gasteiger partial charge is 0.0850 e. The van der Waals surface area contributed by atoms with Gasteiger partial charge in [0.2, 0.25) is 0 Å². The first-order valence-electron chi connectivity index (χ1n) is 7.24. The maximum Gasteiger partial charge on any atom is 0.0850 e. The molecule has 2 aromatic rings. The minimum absolute atomic E-state index is 0.269. The van der Waals surface area contributed by atoms with Crippen LogP contribution in [0.1, 0.15) is 43.3 Å². The lowest BCUT2D eigenvalue weighted by molar-refractivity contribution is 0.513. The fraction of sp³-hybridized carbons (Fsp3) is 0.533. The molecule has 0 aromatic carbocycles. The third-order valence-corrected chi connectivity index (χ3v) is 5.49. The zero-order valence-electron chi connectivity index (χ0n) is 12.6. The molecule has 0 spiro atoms. The Kier molecular flexibility index (Phi) is 6.29. The number of nitrogens with zero attached hydrogens (tertiary/aromatic N) is 2. The average Bonchev–Trinajstić information content (AvgIpc) is 3.00. The van der Waals surface area contributed by atoms with Gasteiger partial charge in [0.05, 0.1) is 20.2 Å². The van der Waals surface area contributed by atoms with Crippen molar-refractivity contribution in [2.75, 3.05) is 6.54 Å². The van der Waals surface area contributed by atoms with Crippen molar-refractivity contribution in [1.29, 1.82) is 0 Å². The van der Waals surface area contributed by atoms with Gasteiger partial charge >= 0.3 is 0 Å². The Balaban J connectivity index is 2.24. The van der Waals surface area contributed by atoms with Gasteiger partial charge in [-0.3, -0.25) is 4.68 Å². The summed E-state index contributed by atoms with van der Waals surface area (Å²) in [5, 5.41) is 11.1. The molecule has 0 aliphatic rings. The number of nitrogens with one attached hydrogen (secondary N) is 1. The number of halogens is 2. The lowest BCUT2D eigenvalue weighted by Gasteiger charge is -2.18. The normalized spacial score (nSPS) is 12.8. The molecule has 1 unspecified atom stereocenters. The van der Waals surface area contributed by atoms with E-state index >= 15 is 0 Å². The van der Waals surface area contributed by atoms with Crippen LogP contribution in [0.5, 0.6) is 0 Å². The molecule has 2 heterocycles. The van der Waals surface area contributed by atoms with Crippen molar-refractivity contribution in [3.8, 4) is 0 Å². The van der Waals surface area contributed by atoms with E-state index in [0.717, 1.165) is 46.0 Å². The summed E-state index contributed by atoms with van der Waals surface area (Å²) in [4.78, 5) is 0. The number of thiophene rings is 1. The zero-order valence-corrected chi connectivity index (χ0v) is 15.8. The van der Waals surface area contributed by atoms with Crippen LogP contribution in [0.15, 0.2) is 15.2 Å². The second-order valence-corrected chi connectivity index (χ2v) is 7.75. The summed E-state index contributed by atoms with van der Waals surface area (Å²) in [5.74, 6) is 0. The van der Waals surface area contributed by atoms with Crippen LogP contribution >= 0.6 is 38.9 Å². The van der Waals surface area contributed by atoms with Crippen molar-refractivity contribution in [1.82, 2.24) is 15.1 Å². The lowest BCUT2D eigenvalue weighted by atomic mass is 10.0. The van der Waals surface area contributed by atoms with E-state index in [9.17, 15) is 0 Å².